The van der Waals surface area contributed by atoms with Crippen LogP contribution in [0.15, 0.2) is 35.3 Å². The summed E-state index contributed by atoms with van der Waals surface area (Å²) in [6.07, 6.45) is 4.26. The van der Waals surface area contributed by atoms with Crippen LogP contribution in [-0.4, -0.2) is 26.5 Å². The maximum Gasteiger partial charge on any atom is 0.182 e. The fraction of sp³-hybridized carbons (Fsp3) is 0.214. The second kappa shape index (κ2) is 4.56. The van der Waals surface area contributed by atoms with Gasteiger partial charge >= 0.3 is 0 Å². The normalized spacial score (nSPS) is 14.6. The van der Waals surface area contributed by atoms with E-state index in [4.69, 9.17) is 0 Å². The number of rotatable bonds is 1. The lowest BCUT2D eigenvalue weighted by molar-refractivity contribution is 0.719. The van der Waals surface area contributed by atoms with E-state index in [-0.39, 0.29) is 0 Å². The molecular weight excluding hydrogens is 318 g/mol. The summed E-state index contributed by atoms with van der Waals surface area (Å²) in [7, 11) is 0. The predicted molar refractivity (Wildman–Crippen MR) is 80.6 cm³/mol. The van der Waals surface area contributed by atoms with Gasteiger partial charge in [-0.1, -0.05) is 28.1 Å². The first-order valence-electron chi connectivity index (χ1n) is 6.48. The van der Waals surface area contributed by atoms with Crippen LogP contribution in [0.4, 0.5) is 5.82 Å². The predicted octanol–water partition coefficient (Wildman–Crippen LogP) is 2.68. The largest absolute Gasteiger partial charge is 0.350 e. The molecule has 5 nitrogen and oxygen atoms in total. The summed E-state index contributed by atoms with van der Waals surface area (Å²) in [5.74, 6) is 0.925. The zero-order chi connectivity index (χ0) is 13.5. The van der Waals surface area contributed by atoms with Gasteiger partial charge in [0.05, 0.1) is 6.33 Å². The molecule has 6 heteroatoms. The maximum absolute atomic E-state index is 4.43. The standard InChI is InChI=1S/C14H12BrN5/c15-11-3-1-2-9-4-5-20(6-10(9)11)14-12-13(17-7-16-12)18-8-19-14/h1-3,7-8H,4-6H2,(H,16,17,18,19). The summed E-state index contributed by atoms with van der Waals surface area (Å²) in [4.78, 5) is 18.2. The number of halogens is 1. The molecule has 1 aliphatic rings. The Morgan fingerprint density at radius 1 is 1.20 bits per heavy atom. The van der Waals surface area contributed by atoms with Gasteiger partial charge in [0.2, 0.25) is 0 Å². The molecule has 1 aliphatic heterocycles. The molecule has 0 amide bonds. The lowest BCUT2D eigenvalue weighted by atomic mass is 10.00. The number of H-pyrrole nitrogens is 1. The fourth-order valence-electron chi connectivity index (χ4n) is 2.71. The van der Waals surface area contributed by atoms with Crippen LogP contribution in [-0.2, 0) is 13.0 Å². The van der Waals surface area contributed by atoms with Gasteiger partial charge in [-0.2, -0.15) is 0 Å². The number of aromatic amines is 1. The van der Waals surface area contributed by atoms with Crippen LogP contribution in [0.3, 0.4) is 0 Å². The number of nitrogens with one attached hydrogen (secondary N) is 1. The molecule has 3 heterocycles. The average molecular weight is 330 g/mol. The topological polar surface area (TPSA) is 57.7 Å². The van der Waals surface area contributed by atoms with E-state index in [0.29, 0.717) is 5.65 Å². The van der Waals surface area contributed by atoms with Gasteiger partial charge in [-0.05, 0) is 23.6 Å². The highest BCUT2D eigenvalue weighted by atomic mass is 79.9. The van der Waals surface area contributed by atoms with Gasteiger partial charge in [-0.3, -0.25) is 0 Å². The Kier molecular flexibility index (Phi) is 2.70. The molecule has 3 aromatic rings. The van der Waals surface area contributed by atoms with Crippen molar-refractivity contribution in [2.75, 3.05) is 11.4 Å². The van der Waals surface area contributed by atoms with E-state index in [9.17, 15) is 0 Å². The third-order valence-corrected chi connectivity index (χ3v) is 4.46. The Morgan fingerprint density at radius 3 is 3.10 bits per heavy atom. The van der Waals surface area contributed by atoms with Crippen LogP contribution >= 0.6 is 15.9 Å². The second-order valence-electron chi connectivity index (χ2n) is 4.85. The molecule has 1 N–H and O–H groups in total. The summed E-state index contributed by atoms with van der Waals surface area (Å²) in [6, 6.07) is 6.38. The minimum absolute atomic E-state index is 0.716. The molecular formula is C14H12BrN5. The smallest absolute Gasteiger partial charge is 0.182 e. The van der Waals surface area contributed by atoms with Crippen molar-refractivity contribution < 1.29 is 0 Å². The number of nitrogens with zero attached hydrogens (tertiary/aromatic N) is 4. The van der Waals surface area contributed by atoms with Crippen molar-refractivity contribution >= 4 is 32.9 Å². The van der Waals surface area contributed by atoms with E-state index in [0.717, 1.165) is 35.3 Å². The number of aromatic nitrogens is 4. The molecule has 100 valence electrons. The van der Waals surface area contributed by atoms with Gasteiger partial charge in [-0.25, -0.2) is 15.0 Å². The highest BCUT2D eigenvalue weighted by Crippen LogP contribution is 2.30. The van der Waals surface area contributed by atoms with Crippen LogP contribution < -0.4 is 4.90 Å². The van der Waals surface area contributed by atoms with Gasteiger partial charge in [0.1, 0.15) is 11.8 Å². The van der Waals surface area contributed by atoms with Crippen molar-refractivity contribution in [1.29, 1.82) is 0 Å². The first-order valence-corrected chi connectivity index (χ1v) is 7.27. The summed E-state index contributed by atoms with van der Waals surface area (Å²) < 4.78 is 1.16. The van der Waals surface area contributed by atoms with Gasteiger partial charge < -0.3 is 9.88 Å². The average Bonchev–Trinajstić information content (AvgIpc) is 2.96. The summed E-state index contributed by atoms with van der Waals surface area (Å²) in [6.45, 7) is 1.80. The van der Waals surface area contributed by atoms with Crippen molar-refractivity contribution in [2.24, 2.45) is 0 Å². The Balaban J connectivity index is 1.78. The molecule has 4 rings (SSSR count). The molecule has 0 spiro atoms. The van der Waals surface area contributed by atoms with Gasteiger partial charge in [0.15, 0.2) is 11.5 Å². The highest BCUT2D eigenvalue weighted by molar-refractivity contribution is 9.10. The first kappa shape index (κ1) is 11.8. The monoisotopic (exact) mass is 329 g/mol. The van der Waals surface area contributed by atoms with E-state index in [2.05, 4.69) is 59.0 Å². The van der Waals surface area contributed by atoms with Crippen molar-refractivity contribution in [2.45, 2.75) is 13.0 Å². The molecule has 0 saturated heterocycles. The lowest BCUT2D eigenvalue weighted by Gasteiger charge is -2.30. The number of benzene rings is 1. The zero-order valence-corrected chi connectivity index (χ0v) is 12.3. The van der Waals surface area contributed by atoms with Crippen LogP contribution in [0.5, 0.6) is 0 Å². The SMILES string of the molecule is Brc1cccc2c1CN(c1ncnc3nc[nH]c13)CC2. The van der Waals surface area contributed by atoms with E-state index in [1.165, 1.54) is 11.1 Å². The fourth-order valence-corrected chi connectivity index (χ4v) is 3.25. The quantitative estimate of drug-likeness (QED) is 0.745. The third-order valence-electron chi connectivity index (χ3n) is 3.72. The van der Waals surface area contributed by atoms with Crippen LogP contribution in [0.2, 0.25) is 0 Å². The van der Waals surface area contributed by atoms with E-state index >= 15 is 0 Å². The lowest BCUT2D eigenvalue weighted by Crippen LogP contribution is -2.31. The highest BCUT2D eigenvalue weighted by Gasteiger charge is 2.21. The molecule has 0 aliphatic carbocycles. The molecule has 0 bridgehead atoms. The van der Waals surface area contributed by atoms with Crippen LogP contribution in [0, 0.1) is 0 Å². The van der Waals surface area contributed by atoms with Crippen LogP contribution in [0.1, 0.15) is 11.1 Å². The van der Waals surface area contributed by atoms with E-state index < -0.39 is 0 Å². The number of hydrogen-bond acceptors (Lipinski definition) is 4. The molecule has 0 fully saturated rings. The Labute approximate surface area is 124 Å². The third kappa shape index (κ3) is 1.79. The van der Waals surface area contributed by atoms with Crippen molar-refractivity contribution in [3.63, 3.8) is 0 Å². The van der Waals surface area contributed by atoms with Gasteiger partial charge in [0.25, 0.3) is 0 Å². The number of hydrogen-bond donors (Lipinski definition) is 1. The summed E-state index contributed by atoms with van der Waals surface area (Å²) in [5, 5.41) is 0. The Hall–Kier alpha value is -1.95. The van der Waals surface area contributed by atoms with Gasteiger partial charge in [-0.15, -0.1) is 0 Å². The summed E-state index contributed by atoms with van der Waals surface area (Å²) in [5.41, 5.74) is 4.37. The molecule has 2 aromatic heterocycles. The van der Waals surface area contributed by atoms with Crippen LogP contribution in [0.25, 0.3) is 11.2 Å². The molecule has 20 heavy (non-hydrogen) atoms. The first-order chi connectivity index (χ1) is 9.83. The molecule has 1 aromatic carbocycles. The van der Waals surface area contributed by atoms with Crippen molar-refractivity contribution in [3.05, 3.63) is 46.5 Å². The Morgan fingerprint density at radius 2 is 2.15 bits per heavy atom. The summed E-state index contributed by atoms with van der Waals surface area (Å²) >= 11 is 3.64. The Bertz CT molecular complexity index is 782. The number of imidazole rings is 1. The number of fused-ring (bicyclic) bond motifs is 2. The molecule has 0 unspecified atom stereocenters. The zero-order valence-electron chi connectivity index (χ0n) is 10.7. The minimum Gasteiger partial charge on any atom is -0.350 e. The van der Waals surface area contributed by atoms with Crippen molar-refractivity contribution in [3.8, 4) is 0 Å². The molecule has 0 atom stereocenters. The van der Waals surface area contributed by atoms with E-state index in [1.54, 1.807) is 12.7 Å². The second-order valence-corrected chi connectivity index (χ2v) is 5.70. The van der Waals surface area contributed by atoms with E-state index in [1.807, 2.05) is 0 Å². The van der Waals surface area contributed by atoms with Gasteiger partial charge in [0, 0.05) is 17.6 Å². The minimum atomic E-state index is 0.716. The van der Waals surface area contributed by atoms with Crippen molar-refractivity contribution in [1.82, 2.24) is 19.9 Å². The molecule has 0 radical (unpaired) electrons. The molecule has 0 saturated carbocycles. The number of anilines is 1. The maximum atomic E-state index is 4.43.